The Morgan fingerprint density at radius 1 is 1.04 bits per heavy atom. The molecule has 26 heavy (non-hydrogen) atoms. The predicted octanol–water partition coefficient (Wildman–Crippen LogP) is 4.64. The molecule has 2 aromatic carbocycles. The predicted molar refractivity (Wildman–Crippen MR) is 90.9 cm³/mol. The van der Waals surface area contributed by atoms with Crippen LogP contribution in [0.25, 0.3) is 10.9 Å². The van der Waals surface area contributed by atoms with Gasteiger partial charge >= 0.3 is 6.18 Å². The molecule has 3 aromatic rings. The molecule has 0 spiro atoms. The summed E-state index contributed by atoms with van der Waals surface area (Å²) in [5.74, 6) is 4.91. The van der Waals surface area contributed by atoms with Crippen molar-refractivity contribution in [1.82, 2.24) is 9.97 Å². The van der Waals surface area contributed by atoms with E-state index in [4.69, 9.17) is 0 Å². The molecule has 3 rings (SSSR count). The van der Waals surface area contributed by atoms with Gasteiger partial charge in [0.2, 0.25) is 0 Å². The second kappa shape index (κ2) is 7.40. The van der Waals surface area contributed by atoms with Gasteiger partial charge in [-0.05, 0) is 30.3 Å². The molecule has 3 nitrogen and oxygen atoms in total. The summed E-state index contributed by atoms with van der Waals surface area (Å²) in [5.41, 5.74) is -0.531. The smallest absolute Gasteiger partial charge is 0.368 e. The number of nitrogens with zero attached hydrogens (tertiary/aromatic N) is 2. The van der Waals surface area contributed by atoms with Gasteiger partial charge in [0.15, 0.2) is 0 Å². The number of halogens is 4. The van der Waals surface area contributed by atoms with Crippen molar-refractivity contribution in [3.05, 3.63) is 65.7 Å². The van der Waals surface area contributed by atoms with Gasteiger partial charge in [0, 0.05) is 23.9 Å². The van der Waals surface area contributed by atoms with E-state index in [1.807, 2.05) is 24.3 Å². The van der Waals surface area contributed by atoms with E-state index in [0.717, 1.165) is 23.0 Å². The molecule has 0 saturated heterocycles. The van der Waals surface area contributed by atoms with E-state index in [0.29, 0.717) is 18.4 Å². The minimum atomic E-state index is -4.57. The van der Waals surface area contributed by atoms with Gasteiger partial charge in [0.05, 0.1) is 11.1 Å². The van der Waals surface area contributed by atoms with E-state index in [9.17, 15) is 17.6 Å². The Balaban J connectivity index is 1.69. The molecule has 0 aliphatic heterocycles. The highest BCUT2D eigenvalue weighted by Crippen LogP contribution is 2.31. The second-order valence-electron chi connectivity index (χ2n) is 5.41. The van der Waals surface area contributed by atoms with Crippen molar-refractivity contribution in [2.45, 2.75) is 12.6 Å². The van der Waals surface area contributed by atoms with Crippen molar-refractivity contribution < 1.29 is 17.6 Å². The molecular formula is C19H13F4N3. The number of para-hydroxylation sites is 1. The Bertz CT molecular complexity index is 982. The molecule has 0 fully saturated rings. The van der Waals surface area contributed by atoms with E-state index < -0.39 is 17.6 Å². The molecule has 0 saturated carbocycles. The molecule has 0 radical (unpaired) electrons. The largest absolute Gasteiger partial charge is 0.417 e. The normalized spacial score (nSPS) is 11.1. The number of nitrogens with one attached hydrogen (secondary N) is 1. The maximum atomic E-state index is 13.2. The summed E-state index contributed by atoms with van der Waals surface area (Å²) in [4.78, 5) is 8.30. The maximum Gasteiger partial charge on any atom is 0.417 e. The summed E-state index contributed by atoms with van der Waals surface area (Å²) >= 11 is 0. The van der Waals surface area contributed by atoms with Crippen LogP contribution in [0.4, 0.5) is 23.4 Å². The van der Waals surface area contributed by atoms with Gasteiger partial charge < -0.3 is 5.32 Å². The fourth-order valence-electron chi connectivity index (χ4n) is 2.41. The molecule has 0 atom stereocenters. The number of alkyl halides is 3. The molecule has 0 aliphatic rings. The standard InChI is InChI=1S/C19H13F4N3/c20-14-8-9-16(19(21,22)23)13(11-14)5-3-4-10-24-18-15-6-1-2-7-17(15)25-12-26-18/h1-2,6-9,11-12H,4,10H2,(H,24,25,26). The van der Waals surface area contributed by atoms with Crippen molar-refractivity contribution in [2.75, 3.05) is 11.9 Å². The lowest BCUT2D eigenvalue weighted by Gasteiger charge is -2.08. The van der Waals surface area contributed by atoms with E-state index in [1.165, 1.54) is 6.33 Å². The summed E-state index contributed by atoms with van der Waals surface area (Å²) in [7, 11) is 0. The van der Waals surface area contributed by atoms with Crippen LogP contribution in [0.2, 0.25) is 0 Å². The number of hydrogen-bond acceptors (Lipinski definition) is 3. The van der Waals surface area contributed by atoms with Crippen molar-refractivity contribution in [3.8, 4) is 11.8 Å². The first-order chi connectivity index (χ1) is 12.4. The third-order valence-corrected chi connectivity index (χ3v) is 3.60. The average Bonchev–Trinajstić information content (AvgIpc) is 2.60. The molecule has 132 valence electrons. The molecule has 0 amide bonds. The number of rotatable bonds is 3. The van der Waals surface area contributed by atoms with Gasteiger partial charge in [-0.1, -0.05) is 24.0 Å². The third-order valence-electron chi connectivity index (χ3n) is 3.60. The van der Waals surface area contributed by atoms with E-state index in [1.54, 1.807) is 0 Å². The van der Waals surface area contributed by atoms with Crippen LogP contribution in [0, 0.1) is 17.7 Å². The van der Waals surface area contributed by atoms with Crippen LogP contribution < -0.4 is 5.32 Å². The SMILES string of the molecule is Fc1ccc(C(F)(F)F)c(C#CCCNc2ncnc3ccccc23)c1. The maximum absolute atomic E-state index is 13.2. The Kier molecular flexibility index (Phi) is 5.03. The van der Waals surface area contributed by atoms with Crippen LogP contribution in [0.15, 0.2) is 48.8 Å². The lowest BCUT2D eigenvalue weighted by Crippen LogP contribution is -2.08. The zero-order chi connectivity index (χ0) is 18.6. The molecule has 1 N–H and O–H groups in total. The van der Waals surface area contributed by atoms with Crippen LogP contribution in [0.1, 0.15) is 17.5 Å². The topological polar surface area (TPSA) is 37.8 Å². The molecular weight excluding hydrogens is 346 g/mol. The fraction of sp³-hybridized carbons (Fsp3) is 0.158. The van der Waals surface area contributed by atoms with Crippen LogP contribution in [0.5, 0.6) is 0 Å². The first-order valence-corrected chi connectivity index (χ1v) is 7.74. The molecule has 1 heterocycles. The van der Waals surface area contributed by atoms with Gasteiger partial charge in [-0.15, -0.1) is 0 Å². The van der Waals surface area contributed by atoms with Gasteiger partial charge in [0.1, 0.15) is 18.0 Å². The van der Waals surface area contributed by atoms with Gasteiger partial charge in [-0.2, -0.15) is 13.2 Å². The zero-order valence-corrected chi connectivity index (χ0v) is 13.4. The minimum absolute atomic E-state index is 0.270. The first-order valence-electron chi connectivity index (χ1n) is 7.74. The van der Waals surface area contributed by atoms with E-state index >= 15 is 0 Å². The van der Waals surface area contributed by atoms with Crippen LogP contribution >= 0.6 is 0 Å². The van der Waals surface area contributed by atoms with Crippen LogP contribution in [-0.4, -0.2) is 16.5 Å². The molecule has 0 bridgehead atoms. The highest BCUT2D eigenvalue weighted by molar-refractivity contribution is 5.88. The number of hydrogen-bond donors (Lipinski definition) is 1. The van der Waals surface area contributed by atoms with Gasteiger partial charge in [-0.3, -0.25) is 0 Å². The summed E-state index contributed by atoms with van der Waals surface area (Å²) in [5, 5.41) is 3.92. The summed E-state index contributed by atoms with van der Waals surface area (Å²) in [6.07, 6.45) is -2.87. The molecule has 7 heteroatoms. The molecule has 1 aromatic heterocycles. The molecule has 0 unspecified atom stereocenters. The fourth-order valence-corrected chi connectivity index (χ4v) is 2.41. The summed E-state index contributed by atoms with van der Waals surface area (Å²) in [6.45, 7) is 0.380. The van der Waals surface area contributed by atoms with E-state index in [-0.39, 0.29) is 12.0 Å². The number of anilines is 1. The van der Waals surface area contributed by atoms with Crippen LogP contribution in [0.3, 0.4) is 0 Å². The number of aromatic nitrogens is 2. The van der Waals surface area contributed by atoms with E-state index in [2.05, 4.69) is 27.1 Å². The Labute approximate surface area is 147 Å². The van der Waals surface area contributed by atoms with Crippen molar-refractivity contribution >= 4 is 16.7 Å². The number of fused-ring (bicyclic) bond motifs is 1. The van der Waals surface area contributed by atoms with Gasteiger partial charge in [-0.25, -0.2) is 14.4 Å². The Hall–Kier alpha value is -3.14. The van der Waals surface area contributed by atoms with Crippen LogP contribution in [-0.2, 0) is 6.18 Å². The highest BCUT2D eigenvalue weighted by Gasteiger charge is 2.33. The third kappa shape index (κ3) is 4.09. The monoisotopic (exact) mass is 359 g/mol. The Morgan fingerprint density at radius 3 is 2.65 bits per heavy atom. The first kappa shape index (κ1) is 17.7. The Morgan fingerprint density at radius 2 is 1.85 bits per heavy atom. The lowest BCUT2D eigenvalue weighted by atomic mass is 10.1. The summed E-state index contributed by atoms with van der Waals surface area (Å²) < 4.78 is 51.9. The van der Waals surface area contributed by atoms with Crippen molar-refractivity contribution in [1.29, 1.82) is 0 Å². The highest BCUT2D eigenvalue weighted by atomic mass is 19.4. The van der Waals surface area contributed by atoms with Gasteiger partial charge in [0.25, 0.3) is 0 Å². The zero-order valence-electron chi connectivity index (χ0n) is 13.4. The van der Waals surface area contributed by atoms with Crippen molar-refractivity contribution in [3.63, 3.8) is 0 Å². The second-order valence-corrected chi connectivity index (χ2v) is 5.41. The minimum Gasteiger partial charge on any atom is -0.368 e. The van der Waals surface area contributed by atoms with Crippen molar-refractivity contribution in [2.24, 2.45) is 0 Å². The summed E-state index contributed by atoms with van der Waals surface area (Å²) in [6, 6.07) is 9.71. The lowest BCUT2D eigenvalue weighted by molar-refractivity contribution is -0.137. The average molecular weight is 359 g/mol. The quantitative estimate of drug-likeness (QED) is 0.421. The number of benzene rings is 2. The molecule has 0 aliphatic carbocycles.